The van der Waals surface area contributed by atoms with Gasteiger partial charge in [0.1, 0.15) is 24.6 Å². The summed E-state index contributed by atoms with van der Waals surface area (Å²) in [7, 11) is 0. The van der Waals surface area contributed by atoms with Gasteiger partial charge in [-0.15, -0.1) is 0 Å². The van der Waals surface area contributed by atoms with Crippen molar-refractivity contribution in [3.8, 4) is 22.9 Å². The van der Waals surface area contributed by atoms with Crippen LogP contribution in [-0.2, 0) is 0 Å². The lowest BCUT2D eigenvalue weighted by atomic mass is 10.1. The first kappa shape index (κ1) is 17.7. The molecule has 8 nitrogen and oxygen atoms in total. The maximum Gasteiger partial charge on any atom is 0.264 e. The Bertz CT molecular complexity index is 1070. The number of carbonyl (C=O) groups is 1. The minimum atomic E-state index is -0.506. The fourth-order valence-corrected chi connectivity index (χ4v) is 2.90. The third-order valence-electron chi connectivity index (χ3n) is 4.41. The van der Waals surface area contributed by atoms with Crippen molar-refractivity contribution in [2.75, 3.05) is 13.2 Å². The first-order chi connectivity index (χ1) is 13.6. The van der Waals surface area contributed by atoms with E-state index in [0.717, 1.165) is 5.56 Å². The molecule has 0 spiro atoms. The highest BCUT2D eigenvalue weighted by Crippen LogP contribution is 2.32. The normalized spacial score (nSPS) is 13.6. The van der Waals surface area contributed by atoms with Crippen LogP contribution >= 0.6 is 0 Å². The number of aromatic nitrogens is 3. The lowest BCUT2D eigenvalue weighted by Gasteiger charge is -2.21. The van der Waals surface area contributed by atoms with Crippen molar-refractivity contribution < 1.29 is 14.3 Å². The number of hydrogen-bond donors (Lipinski definition) is 2. The van der Waals surface area contributed by atoms with Gasteiger partial charge in [0.25, 0.3) is 11.5 Å². The number of fused-ring (bicyclic) bond motifs is 1. The smallest absolute Gasteiger partial charge is 0.264 e. The Morgan fingerprint density at radius 3 is 2.64 bits per heavy atom. The molecule has 142 valence electrons. The number of rotatable bonds is 4. The Morgan fingerprint density at radius 1 is 1.14 bits per heavy atom. The summed E-state index contributed by atoms with van der Waals surface area (Å²) in [6.45, 7) is 2.84. The number of carbonyl (C=O) groups excluding carboxylic acids is 1. The molecule has 1 aliphatic heterocycles. The lowest BCUT2D eigenvalue weighted by molar-refractivity contribution is 0.0937. The van der Waals surface area contributed by atoms with Crippen LogP contribution in [0.2, 0.25) is 0 Å². The maximum atomic E-state index is 12.5. The Balaban J connectivity index is 1.51. The summed E-state index contributed by atoms with van der Waals surface area (Å²) in [4.78, 5) is 35.7. The summed E-state index contributed by atoms with van der Waals surface area (Å²) in [6, 6.07) is 8.61. The second-order valence-electron chi connectivity index (χ2n) is 6.31. The monoisotopic (exact) mass is 378 g/mol. The minimum Gasteiger partial charge on any atom is -0.486 e. The zero-order valence-corrected chi connectivity index (χ0v) is 15.1. The topological polar surface area (TPSA) is 106 Å². The molecule has 3 aromatic rings. The zero-order valence-electron chi connectivity index (χ0n) is 15.1. The van der Waals surface area contributed by atoms with E-state index in [4.69, 9.17) is 9.47 Å². The number of nitrogens with zero attached hydrogens (tertiary/aromatic N) is 2. The number of pyridine rings is 1. The molecule has 1 aromatic carbocycles. The van der Waals surface area contributed by atoms with Gasteiger partial charge < -0.3 is 19.8 Å². The molecule has 2 aromatic heterocycles. The van der Waals surface area contributed by atoms with E-state index >= 15 is 0 Å². The summed E-state index contributed by atoms with van der Waals surface area (Å²) < 4.78 is 11.1. The number of ether oxygens (including phenoxy) is 2. The molecule has 0 aliphatic carbocycles. The van der Waals surface area contributed by atoms with Crippen LogP contribution in [-0.4, -0.2) is 34.1 Å². The molecule has 8 heteroatoms. The van der Waals surface area contributed by atoms with E-state index in [9.17, 15) is 9.59 Å². The summed E-state index contributed by atoms with van der Waals surface area (Å²) in [6.07, 6.45) is 4.48. The molecule has 1 atom stereocenters. The molecule has 3 heterocycles. The number of benzene rings is 1. The molecule has 1 aliphatic rings. The van der Waals surface area contributed by atoms with Crippen molar-refractivity contribution in [2.45, 2.75) is 13.0 Å². The number of nitrogens with one attached hydrogen (secondary N) is 2. The molecule has 0 bridgehead atoms. The second kappa shape index (κ2) is 7.51. The summed E-state index contributed by atoms with van der Waals surface area (Å²) in [5, 5.41) is 2.81. The molecule has 0 saturated heterocycles. The van der Waals surface area contributed by atoms with Crippen molar-refractivity contribution in [1.29, 1.82) is 0 Å². The molecule has 0 saturated carbocycles. The van der Waals surface area contributed by atoms with Gasteiger partial charge in [-0.25, -0.2) is 4.98 Å². The van der Waals surface area contributed by atoms with E-state index < -0.39 is 11.5 Å². The molecule has 4 rings (SSSR count). The van der Waals surface area contributed by atoms with Crippen LogP contribution in [0.5, 0.6) is 11.5 Å². The van der Waals surface area contributed by atoms with Crippen LogP contribution in [0.25, 0.3) is 11.4 Å². The van der Waals surface area contributed by atoms with Gasteiger partial charge in [0.15, 0.2) is 11.5 Å². The first-order valence-corrected chi connectivity index (χ1v) is 8.82. The molecular formula is C20H18N4O4. The Morgan fingerprint density at radius 2 is 1.89 bits per heavy atom. The van der Waals surface area contributed by atoms with Crippen molar-refractivity contribution in [3.63, 3.8) is 0 Å². The van der Waals surface area contributed by atoms with E-state index in [0.29, 0.717) is 36.1 Å². The molecule has 28 heavy (non-hydrogen) atoms. The van der Waals surface area contributed by atoms with Gasteiger partial charge in [-0.1, -0.05) is 6.07 Å². The number of H-pyrrole nitrogens is 1. The Labute approximate surface area is 160 Å². The fraction of sp³-hybridized carbons (Fsp3) is 0.200. The zero-order chi connectivity index (χ0) is 19.5. The van der Waals surface area contributed by atoms with E-state index in [2.05, 4.69) is 20.3 Å². The Kier molecular flexibility index (Phi) is 4.76. The predicted octanol–water partition coefficient (Wildman–Crippen LogP) is 2.09. The number of aromatic amines is 1. The van der Waals surface area contributed by atoms with Crippen LogP contribution in [0.4, 0.5) is 0 Å². The summed E-state index contributed by atoms with van der Waals surface area (Å²) in [5.74, 6) is 1.20. The average molecular weight is 378 g/mol. The van der Waals surface area contributed by atoms with Gasteiger partial charge in [0.2, 0.25) is 0 Å². The highest BCUT2D eigenvalue weighted by Gasteiger charge is 2.18. The van der Waals surface area contributed by atoms with Gasteiger partial charge in [0, 0.05) is 24.2 Å². The summed E-state index contributed by atoms with van der Waals surface area (Å²) >= 11 is 0. The fourth-order valence-electron chi connectivity index (χ4n) is 2.90. The molecule has 0 unspecified atom stereocenters. The highest BCUT2D eigenvalue weighted by atomic mass is 16.6. The van der Waals surface area contributed by atoms with E-state index in [1.54, 1.807) is 24.5 Å². The second-order valence-corrected chi connectivity index (χ2v) is 6.31. The maximum absolute atomic E-state index is 12.5. The predicted molar refractivity (Wildman–Crippen MR) is 101 cm³/mol. The van der Waals surface area contributed by atoms with Gasteiger partial charge in [-0.05, 0) is 36.8 Å². The number of amides is 1. The van der Waals surface area contributed by atoms with E-state index in [1.165, 1.54) is 6.20 Å². The van der Waals surface area contributed by atoms with Gasteiger partial charge in [-0.3, -0.25) is 14.6 Å². The average Bonchev–Trinajstić information content (AvgIpc) is 2.73. The van der Waals surface area contributed by atoms with Crippen molar-refractivity contribution in [3.05, 3.63) is 70.4 Å². The quantitative estimate of drug-likeness (QED) is 0.720. The third-order valence-corrected chi connectivity index (χ3v) is 4.41. The molecule has 2 N–H and O–H groups in total. The minimum absolute atomic E-state index is 0.0535. The Hall–Kier alpha value is -3.68. The highest BCUT2D eigenvalue weighted by molar-refractivity contribution is 5.93. The third kappa shape index (κ3) is 3.57. The van der Waals surface area contributed by atoms with Crippen LogP contribution in [0.3, 0.4) is 0 Å². The van der Waals surface area contributed by atoms with Crippen molar-refractivity contribution in [2.24, 2.45) is 0 Å². The van der Waals surface area contributed by atoms with Crippen LogP contribution in [0.1, 0.15) is 28.9 Å². The van der Waals surface area contributed by atoms with Crippen LogP contribution < -0.4 is 20.3 Å². The van der Waals surface area contributed by atoms with E-state index in [-0.39, 0.29) is 11.6 Å². The van der Waals surface area contributed by atoms with E-state index in [1.807, 2.05) is 25.1 Å². The molecule has 0 fully saturated rings. The van der Waals surface area contributed by atoms with Gasteiger partial charge >= 0.3 is 0 Å². The number of hydrogen-bond acceptors (Lipinski definition) is 6. The van der Waals surface area contributed by atoms with Crippen molar-refractivity contribution in [1.82, 2.24) is 20.3 Å². The van der Waals surface area contributed by atoms with Crippen LogP contribution in [0.15, 0.2) is 53.7 Å². The molecular weight excluding hydrogens is 360 g/mol. The lowest BCUT2D eigenvalue weighted by Crippen LogP contribution is -2.32. The summed E-state index contributed by atoms with van der Waals surface area (Å²) in [5.41, 5.74) is 0.995. The standard InChI is InChI=1S/C20H18N4O4/c1-12(14-2-3-16-17(10-14)28-9-8-27-16)23-19(25)15-11-22-18(24-20(15)26)13-4-6-21-7-5-13/h2-7,10-12H,8-9H2,1H3,(H,23,25)(H,22,24,26)/t12-/m1/s1. The SMILES string of the molecule is C[C@@H](NC(=O)c1cnc(-c2ccncc2)[nH]c1=O)c1ccc2c(c1)OCCO2. The van der Waals surface area contributed by atoms with Crippen LogP contribution in [0, 0.1) is 0 Å². The molecule has 1 amide bonds. The molecule has 0 radical (unpaired) electrons. The largest absolute Gasteiger partial charge is 0.486 e. The first-order valence-electron chi connectivity index (χ1n) is 8.82. The van der Waals surface area contributed by atoms with Crippen molar-refractivity contribution >= 4 is 5.91 Å². The van der Waals surface area contributed by atoms with Gasteiger partial charge in [0.05, 0.1) is 6.04 Å². The van der Waals surface area contributed by atoms with Gasteiger partial charge in [-0.2, -0.15) is 0 Å².